The van der Waals surface area contributed by atoms with Gasteiger partial charge >= 0.3 is 5.97 Å². The molecule has 7 heteroatoms. The maximum Gasteiger partial charge on any atom is 0.318 e. The third kappa shape index (κ3) is 3.60. The van der Waals surface area contributed by atoms with Crippen LogP contribution in [-0.2, 0) is 14.3 Å². The van der Waals surface area contributed by atoms with E-state index in [2.05, 4.69) is 5.32 Å². The molecule has 1 unspecified atom stereocenters. The Morgan fingerprint density at radius 3 is 2.36 bits per heavy atom. The Morgan fingerprint density at radius 1 is 1.27 bits per heavy atom. The fourth-order valence-corrected chi connectivity index (χ4v) is 2.82. The van der Waals surface area contributed by atoms with Gasteiger partial charge in [-0.1, -0.05) is 12.8 Å². The highest BCUT2D eigenvalue weighted by Crippen LogP contribution is 2.33. The van der Waals surface area contributed by atoms with Crippen molar-refractivity contribution in [2.24, 2.45) is 11.8 Å². The highest BCUT2D eigenvalue weighted by atomic mass is 16.6. The van der Waals surface area contributed by atoms with E-state index in [1.54, 1.807) is 0 Å². The second kappa shape index (κ2) is 7.02. The van der Waals surface area contributed by atoms with Gasteiger partial charge in [0.05, 0.1) is 12.0 Å². The summed E-state index contributed by atoms with van der Waals surface area (Å²) >= 11 is 0. The van der Waals surface area contributed by atoms with Gasteiger partial charge in [-0.25, -0.2) is 0 Å². The van der Waals surface area contributed by atoms with Crippen LogP contribution in [0.1, 0.15) is 25.7 Å². The molecule has 118 valence electrons. The summed E-state index contributed by atoms with van der Waals surface area (Å²) in [5, 5.41) is 13.2. The minimum Gasteiger partial charge on any atom is -0.468 e. The van der Waals surface area contributed by atoms with Gasteiger partial charge in [-0.2, -0.15) is 0 Å². The Labute approximate surface area is 127 Å². The van der Waals surface area contributed by atoms with Crippen LogP contribution < -0.4 is 5.32 Å². The molecule has 1 amide bonds. The van der Waals surface area contributed by atoms with Gasteiger partial charge in [0, 0.05) is 17.8 Å². The number of carbonyl (C=O) groups is 2. The van der Waals surface area contributed by atoms with Crippen LogP contribution in [0.15, 0.2) is 24.3 Å². The third-order valence-electron chi connectivity index (χ3n) is 3.95. The summed E-state index contributed by atoms with van der Waals surface area (Å²) in [6, 6.07) is 5.49. The molecule has 0 aliphatic heterocycles. The number of hydrogen-bond donors (Lipinski definition) is 1. The first kappa shape index (κ1) is 15.9. The van der Waals surface area contributed by atoms with E-state index in [9.17, 15) is 19.7 Å². The Hall–Kier alpha value is -2.44. The quantitative estimate of drug-likeness (QED) is 0.390. The molecule has 0 radical (unpaired) electrons. The summed E-state index contributed by atoms with van der Waals surface area (Å²) in [5.74, 6) is -1.80. The van der Waals surface area contributed by atoms with Crippen LogP contribution in [0.2, 0.25) is 0 Å². The minimum absolute atomic E-state index is 0.00880. The van der Waals surface area contributed by atoms with Crippen molar-refractivity contribution in [2.45, 2.75) is 25.7 Å². The van der Waals surface area contributed by atoms with E-state index in [0.717, 1.165) is 25.7 Å². The van der Waals surface area contributed by atoms with E-state index in [0.29, 0.717) is 5.69 Å². The van der Waals surface area contributed by atoms with Crippen LogP contribution in [0.5, 0.6) is 0 Å². The molecule has 1 saturated carbocycles. The van der Waals surface area contributed by atoms with Crippen molar-refractivity contribution < 1.29 is 19.2 Å². The molecule has 1 atom stereocenters. The zero-order chi connectivity index (χ0) is 16.1. The summed E-state index contributed by atoms with van der Waals surface area (Å²) in [6.07, 6.45) is 3.66. The molecule has 1 N–H and O–H groups in total. The van der Waals surface area contributed by atoms with Crippen molar-refractivity contribution in [1.82, 2.24) is 0 Å². The van der Waals surface area contributed by atoms with Gasteiger partial charge in [-0.05, 0) is 30.9 Å². The molecule has 7 nitrogen and oxygen atoms in total. The Balaban J connectivity index is 2.10. The van der Waals surface area contributed by atoms with Gasteiger partial charge in [-0.3, -0.25) is 19.7 Å². The number of ether oxygens (including phenoxy) is 1. The molecular weight excluding hydrogens is 288 g/mol. The van der Waals surface area contributed by atoms with Crippen molar-refractivity contribution in [3.63, 3.8) is 0 Å². The molecule has 1 aliphatic rings. The molecule has 0 saturated heterocycles. The first-order chi connectivity index (χ1) is 10.5. The number of methoxy groups -OCH3 is 1. The zero-order valence-corrected chi connectivity index (χ0v) is 12.3. The monoisotopic (exact) mass is 306 g/mol. The number of non-ortho nitro benzene ring substituents is 1. The molecule has 22 heavy (non-hydrogen) atoms. The summed E-state index contributed by atoms with van der Waals surface area (Å²) in [4.78, 5) is 34.4. The predicted octanol–water partition coefficient (Wildman–Crippen LogP) is 2.51. The lowest BCUT2D eigenvalue weighted by Crippen LogP contribution is -2.35. The molecule has 1 aromatic rings. The highest BCUT2D eigenvalue weighted by Gasteiger charge is 2.37. The first-order valence-corrected chi connectivity index (χ1v) is 7.16. The Bertz CT molecular complexity index is 564. The molecular formula is C15H18N2O5. The van der Waals surface area contributed by atoms with Gasteiger partial charge in [0.2, 0.25) is 5.91 Å². The number of amides is 1. The van der Waals surface area contributed by atoms with Gasteiger partial charge < -0.3 is 10.1 Å². The summed E-state index contributed by atoms with van der Waals surface area (Å²) in [5.41, 5.74) is 0.362. The van der Waals surface area contributed by atoms with E-state index in [4.69, 9.17) is 4.74 Å². The number of hydrogen-bond acceptors (Lipinski definition) is 5. The Kier molecular flexibility index (Phi) is 5.08. The topological polar surface area (TPSA) is 98.5 Å². The van der Waals surface area contributed by atoms with Gasteiger partial charge in [0.15, 0.2) is 0 Å². The second-order valence-electron chi connectivity index (χ2n) is 5.34. The third-order valence-corrected chi connectivity index (χ3v) is 3.95. The van der Waals surface area contributed by atoms with Crippen molar-refractivity contribution in [3.8, 4) is 0 Å². The smallest absolute Gasteiger partial charge is 0.318 e. The average Bonchev–Trinajstić information content (AvgIpc) is 3.01. The maximum absolute atomic E-state index is 12.4. The molecule has 2 rings (SSSR count). The number of anilines is 1. The number of nitrogens with one attached hydrogen (secondary N) is 1. The fraction of sp³-hybridized carbons (Fsp3) is 0.467. The lowest BCUT2D eigenvalue weighted by atomic mass is 9.90. The van der Waals surface area contributed by atoms with E-state index in [1.165, 1.54) is 31.4 Å². The van der Waals surface area contributed by atoms with Crippen LogP contribution in [0.3, 0.4) is 0 Å². The Morgan fingerprint density at radius 2 is 1.86 bits per heavy atom. The molecule has 1 aliphatic carbocycles. The molecule has 0 bridgehead atoms. The SMILES string of the molecule is COC(=O)C(C(=O)Nc1ccc([N+](=O)[O-])cc1)C1CCCC1. The van der Waals surface area contributed by atoms with Gasteiger partial charge in [-0.15, -0.1) is 0 Å². The number of nitro groups is 1. The van der Waals surface area contributed by atoms with E-state index >= 15 is 0 Å². The van der Waals surface area contributed by atoms with E-state index in [-0.39, 0.29) is 11.6 Å². The van der Waals surface area contributed by atoms with Crippen molar-refractivity contribution >= 4 is 23.3 Å². The number of nitrogens with zero attached hydrogens (tertiary/aromatic N) is 1. The van der Waals surface area contributed by atoms with Crippen molar-refractivity contribution in [1.29, 1.82) is 0 Å². The standard InChI is InChI=1S/C15H18N2O5/c1-22-15(19)13(10-4-2-3-5-10)14(18)16-11-6-8-12(9-7-11)17(20)21/h6-10,13H,2-5H2,1H3,(H,16,18). The lowest BCUT2D eigenvalue weighted by molar-refractivity contribution is -0.384. The molecule has 0 spiro atoms. The van der Waals surface area contributed by atoms with Crippen LogP contribution in [0.25, 0.3) is 0 Å². The number of benzene rings is 1. The minimum atomic E-state index is -0.831. The average molecular weight is 306 g/mol. The van der Waals surface area contributed by atoms with E-state index < -0.39 is 22.7 Å². The van der Waals surface area contributed by atoms with E-state index in [1.807, 2.05) is 0 Å². The molecule has 1 aromatic carbocycles. The molecule has 0 heterocycles. The van der Waals surface area contributed by atoms with Crippen LogP contribution in [-0.4, -0.2) is 23.9 Å². The normalized spacial score (nSPS) is 16.0. The summed E-state index contributed by atoms with van der Waals surface area (Å²) in [7, 11) is 1.27. The van der Waals surface area contributed by atoms with Crippen LogP contribution in [0.4, 0.5) is 11.4 Å². The largest absolute Gasteiger partial charge is 0.468 e. The predicted molar refractivity (Wildman–Crippen MR) is 79.2 cm³/mol. The summed E-state index contributed by atoms with van der Waals surface area (Å²) in [6.45, 7) is 0. The summed E-state index contributed by atoms with van der Waals surface area (Å²) < 4.78 is 4.75. The maximum atomic E-state index is 12.4. The molecule has 1 fully saturated rings. The first-order valence-electron chi connectivity index (χ1n) is 7.16. The lowest BCUT2D eigenvalue weighted by Gasteiger charge is -2.20. The van der Waals surface area contributed by atoms with Crippen LogP contribution >= 0.6 is 0 Å². The number of rotatable bonds is 5. The van der Waals surface area contributed by atoms with Gasteiger partial charge in [0.1, 0.15) is 5.92 Å². The highest BCUT2D eigenvalue weighted by molar-refractivity contribution is 6.05. The fourth-order valence-electron chi connectivity index (χ4n) is 2.82. The number of carbonyl (C=O) groups excluding carboxylic acids is 2. The second-order valence-corrected chi connectivity index (χ2v) is 5.34. The van der Waals surface area contributed by atoms with Crippen LogP contribution in [0, 0.1) is 22.0 Å². The zero-order valence-electron chi connectivity index (χ0n) is 12.3. The van der Waals surface area contributed by atoms with Crippen molar-refractivity contribution in [2.75, 3.05) is 12.4 Å². The number of nitro benzene ring substituents is 1. The van der Waals surface area contributed by atoms with Crippen molar-refractivity contribution in [3.05, 3.63) is 34.4 Å². The van der Waals surface area contributed by atoms with Gasteiger partial charge in [0.25, 0.3) is 5.69 Å². The molecule has 0 aromatic heterocycles. The number of esters is 1.